The van der Waals surface area contributed by atoms with E-state index in [0.29, 0.717) is 18.0 Å². The standard InChI is InChI=1S/C16H18ClN3O4S/c17-12-3-1-2-11(8-12)9-18-16(22)14-4-5-15(21)20(19-14)13-6-7-25(23,24)10-13/h1-3,8,13H,4-7,9-10H2,(H,18,22)/t13-/m0/s1. The number of carbonyl (C=O) groups excluding carboxylic acids is 2. The molecule has 7 nitrogen and oxygen atoms in total. The van der Waals surface area contributed by atoms with E-state index < -0.39 is 15.9 Å². The summed E-state index contributed by atoms with van der Waals surface area (Å²) < 4.78 is 23.2. The third-order valence-electron chi connectivity index (χ3n) is 4.22. The summed E-state index contributed by atoms with van der Waals surface area (Å²) in [5.74, 6) is -0.653. The van der Waals surface area contributed by atoms with E-state index in [1.54, 1.807) is 18.2 Å². The van der Waals surface area contributed by atoms with Crippen molar-refractivity contribution in [2.24, 2.45) is 5.10 Å². The van der Waals surface area contributed by atoms with Crippen molar-refractivity contribution in [1.29, 1.82) is 0 Å². The third kappa shape index (κ3) is 4.38. The molecular formula is C16H18ClN3O4S. The van der Waals surface area contributed by atoms with Gasteiger partial charge >= 0.3 is 0 Å². The minimum absolute atomic E-state index is 0.0489. The first-order valence-corrected chi connectivity index (χ1v) is 10.2. The lowest BCUT2D eigenvalue weighted by molar-refractivity contribution is -0.133. The monoisotopic (exact) mass is 383 g/mol. The molecule has 1 aromatic rings. The molecule has 2 aliphatic rings. The van der Waals surface area contributed by atoms with Gasteiger partial charge in [-0.1, -0.05) is 23.7 Å². The van der Waals surface area contributed by atoms with Crippen molar-refractivity contribution in [3.8, 4) is 0 Å². The Kier molecular flexibility index (Phi) is 5.10. The predicted molar refractivity (Wildman–Crippen MR) is 93.9 cm³/mol. The smallest absolute Gasteiger partial charge is 0.267 e. The van der Waals surface area contributed by atoms with E-state index in [4.69, 9.17) is 11.6 Å². The Morgan fingerprint density at radius 1 is 1.36 bits per heavy atom. The second kappa shape index (κ2) is 7.13. The van der Waals surface area contributed by atoms with Crippen molar-refractivity contribution in [2.45, 2.75) is 31.8 Å². The van der Waals surface area contributed by atoms with E-state index in [1.165, 1.54) is 5.01 Å². The summed E-state index contributed by atoms with van der Waals surface area (Å²) in [6.45, 7) is 0.296. The van der Waals surface area contributed by atoms with Gasteiger partial charge in [0.15, 0.2) is 9.84 Å². The van der Waals surface area contributed by atoms with Gasteiger partial charge < -0.3 is 5.32 Å². The molecule has 1 saturated heterocycles. The number of rotatable bonds is 4. The zero-order valence-corrected chi connectivity index (χ0v) is 15.0. The van der Waals surface area contributed by atoms with E-state index in [-0.39, 0.29) is 41.9 Å². The van der Waals surface area contributed by atoms with Crippen LogP contribution in [0.4, 0.5) is 0 Å². The van der Waals surface area contributed by atoms with Gasteiger partial charge in [0.2, 0.25) is 5.91 Å². The molecule has 2 aliphatic heterocycles. The highest BCUT2D eigenvalue weighted by molar-refractivity contribution is 7.91. The van der Waals surface area contributed by atoms with Gasteiger partial charge in [0.1, 0.15) is 5.71 Å². The Balaban J connectivity index is 1.67. The molecule has 3 rings (SSSR count). The van der Waals surface area contributed by atoms with E-state index in [0.717, 1.165) is 5.56 Å². The molecule has 0 saturated carbocycles. The number of halogens is 1. The SMILES string of the molecule is O=C(NCc1cccc(Cl)c1)C1=NN([C@H]2CCS(=O)(=O)C2)C(=O)CC1. The predicted octanol–water partition coefficient (Wildman–Crippen LogP) is 1.12. The lowest BCUT2D eigenvalue weighted by Gasteiger charge is -2.27. The number of nitrogens with zero attached hydrogens (tertiary/aromatic N) is 2. The number of hydrogen-bond donors (Lipinski definition) is 1. The quantitative estimate of drug-likeness (QED) is 0.842. The molecule has 0 aromatic heterocycles. The maximum atomic E-state index is 12.3. The fourth-order valence-electron chi connectivity index (χ4n) is 2.92. The summed E-state index contributed by atoms with van der Waals surface area (Å²) in [6, 6.07) is 6.66. The van der Waals surface area contributed by atoms with Gasteiger partial charge in [0.05, 0.1) is 17.5 Å². The van der Waals surface area contributed by atoms with E-state index >= 15 is 0 Å². The molecule has 134 valence electrons. The first-order chi connectivity index (χ1) is 11.8. The van der Waals surface area contributed by atoms with Crippen LogP contribution in [0.3, 0.4) is 0 Å². The first kappa shape index (κ1) is 17.9. The molecule has 0 aliphatic carbocycles. The van der Waals surface area contributed by atoms with Crippen molar-refractivity contribution in [2.75, 3.05) is 11.5 Å². The van der Waals surface area contributed by atoms with Crippen molar-refractivity contribution in [1.82, 2.24) is 10.3 Å². The van der Waals surface area contributed by atoms with Crippen LogP contribution in [0.25, 0.3) is 0 Å². The van der Waals surface area contributed by atoms with Crippen LogP contribution in [-0.4, -0.2) is 48.5 Å². The van der Waals surface area contributed by atoms with Crippen molar-refractivity contribution >= 4 is 39.0 Å². The number of hydrogen-bond acceptors (Lipinski definition) is 5. The molecule has 9 heteroatoms. The van der Waals surface area contributed by atoms with Gasteiger partial charge in [-0.15, -0.1) is 0 Å². The summed E-state index contributed by atoms with van der Waals surface area (Å²) >= 11 is 5.91. The molecule has 2 amide bonds. The molecule has 2 heterocycles. The summed E-state index contributed by atoms with van der Waals surface area (Å²) in [4.78, 5) is 24.4. The number of carbonyl (C=O) groups is 2. The van der Waals surface area contributed by atoms with E-state index in [9.17, 15) is 18.0 Å². The van der Waals surface area contributed by atoms with Crippen LogP contribution in [0.15, 0.2) is 29.4 Å². The molecule has 0 radical (unpaired) electrons. The number of amides is 2. The van der Waals surface area contributed by atoms with Gasteiger partial charge in [0, 0.05) is 24.4 Å². The molecule has 0 bridgehead atoms. The summed E-state index contributed by atoms with van der Waals surface area (Å²) in [7, 11) is -3.13. The topological polar surface area (TPSA) is 95.9 Å². The molecule has 0 unspecified atom stereocenters. The average molecular weight is 384 g/mol. The Labute approximate surface area is 150 Å². The van der Waals surface area contributed by atoms with Crippen LogP contribution in [0, 0.1) is 0 Å². The summed E-state index contributed by atoms with van der Waals surface area (Å²) in [5.41, 5.74) is 1.10. The molecule has 1 N–H and O–H groups in total. The fourth-order valence-corrected chi connectivity index (χ4v) is 4.82. The van der Waals surface area contributed by atoms with Crippen LogP contribution in [0.5, 0.6) is 0 Å². The third-order valence-corrected chi connectivity index (χ3v) is 6.20. The molecule has 1 fully saturated rings. The van der Waals surface area contributed by atoms with Gasteiger partial charge in [0.25, 0.3) is 5.91 Å². The molecule has 1 atom stereocenters. The van der Waals surface area contributed by atoms with E-state index in [1.807, 2.05) is 6.07 Å². The van der Waals surface area contributed by atoms with Crippen molar-refractivity contribution in [3.63, 3.8) is 0 Å². The Morgan fingerprint density at radius 3 is 2.84 bits per heavy atom. The number of hydrazone groups is 1. The zero-order chi connectivity index (χ0) is 18.0. The second-order valence-corrected chi connectivity index (χ2v) is 8.82. The van der Waals surface area contributed by atoms with Gasteiger partial charge in [-0.3, -0.25) is 9.59 Å². The highest BCUT2D eigenvalue weighted by atomic mass is 35.5. The summed E-state index contributed by atoms with van der Waals surface area (Å²) in [5, 5.41) is 8.66. The van der Waals surface area contributed by atoms with Gasteiger partial charge in [-0.2, -0.15) is 5.10 Å². The molecule has 1 aromatic carbocycles. The minimum Gasteiger partial charge on any atom is -0.347 e. The maximum Gasteiger partial charge on any atom is 0.267 e. The lowest BCUT2D eigenvalue weighted by Crippen LogP contribution is -2.43. The van der Waals surface area contributed by atoms with Crippen LogP contribution < -0.4 is 5.32 Å². The zero-order valence-electron chi connectivity index (χ0n) is 13.4. The number of sulfone groups is 1. The van der Waals surface area contributed by atoms with Crippen molar-refractivity contribution < 1.29 is 18.0 Å². The highest BCUT2D eigenvalue weighted by Gasteiger charge is 2.37. The van der Waals surface area contributed by atoms with Crippen LogP contribution in [-0.2, 0) is 26.0 Å². The van der Waals surface area contributed by atoms with Crippen molar-refractivity contribution in [3.05, 3.63) is 34.9 Å². The average Bonchev–Trinajstić information content (AvgIpc) is 2.93. The fraction of sp³-hybridized carbons (Fsp3) is 0.438. The minimum atomic E-state index is -3.13. The highest BCUT2D eigenvalue weighted by Crippen LogP contribution is 2.22. The number of nitrogens with one attached hydrogen (secondary N) is 1. The largest absolute Gasteiger partial charge is 0.347 e. The van der Waals surface area contributed by atoms with Gasteiger partial charge in [-0.25, -0.2) is 13.4 Å². The Hall–Kier alpha value is -1.93. The van der Waals surface area contributed by atoms with Crippen LogP contribution in [0.2, 0.25) is 5.02 Å². The Morgan fingerprint density at radius 2 is 2.16 bits per heavy atom. The maximum absolute atomic E-state index is 12.3. The lowest BCUT2D eigenvalue weighted by atomic mass is 10.1. The van der Waals surface area contributed by atoms with E-state index in [2.05, 4.69) is 10.4 Å². The van der Waals surface area contributed by atoms with Gasteiger partial charge in [-0.05, 0) is 24.1 Å². The second-order valence-electron chi connectivity index (χ2n) is 6.15. The normalized spacial score (nSPS) is 22.6. The molecule has 0 spiro atoms. The number of benzene rings is 1. The van der Waals surface area contributed by atoms with Crippen LogP contribution >= 0.6 is 11.6 Å². The first-order valence-electron chi connectivity index (χ1n) is 7.97. The van der Waals surface area contributed by atoms with Crippen LogP contribution in [0.1, 0.15) is 24.8 Å². The molecule has 25 heavy (non-hydrogen) atoms. The summed E-state index contributed by atoms with van der Waals surface area (Å²) in [6.07, 6.45) is 0.755. The Bertz CT molecular complexity index is 838. The molecular weight excluding hydrogens is 366 g/mol.